The fourth-order valence-corrected chi connectivity index (χ4v) is 6.29. The first-order chi connectivity index (χ1) is 17.3. The Morgan fingerprint density at radius 2 is 2.06 bits per heavy atom. The van der Waals surface area contributed by atoms with Crippen LogP contribution in [-0.4, -0.2) is 32.8 Å². The summed E-state index contributed by atoms with van der Waals surface area (Å²) in [5.41, 5.74) is 2.01. The van der Waals surface area contributed by atoms with Crippen LogP contribution in [0.2, 0.25) is 5.02 Å². The van der Waals surface area contributed by atoms with Gasteiger partial charge in [0.05, 0.1) is 11.4 Å². The summed E-state index contributed by atoms with van der Waals surface area (Å²) in [6.07, 6.45) is 4.74. The first kappa shape index (κ1) is 26.5. The number of hydrogen-bond donors (Lipinski definition) is 0. The molecule has 0 bridgehead atoms. The summed E-state index contributed by atoms with van der Waals surface area (Å²) >= 11 is 13.1. The molecule has 0 radical (unpaired) electrons. The van der Waals surface area contributed by atoms with Crippen LogP contribution in [0.3, 0.4) is 0 Å². The van der Waals surface area contributed by atoms with E-state index < -0.39 is 0 Å². The largest absolute Gasteiger partial charge is 0.357 e. The molecule has 3 heterocycles. The number of nitriles is 1. The van der Waals surface area contributed by atoms with E-state index in [0.29, 0.717) is 32.3 Å². The number of pyridine rings is 1. The fraction of sp³-hybridized carbons (Fsp3) is 0.407. The van der Waals surface area contributed by atoms with Crippen molar-refractivity contribution in [3.8, 4) is 6.07 Å². The standard InChI is InChI=1S/C27H29ClN4O2S2/c1-4-11-31-24(30-12-7-8-17(2)15-30)20(18(3)21(14-29)25(31)33)13-23-26(34)32(27(35)36-23)16-19-9-5-6-10-22(19)28/h5-6,9-10,13,17H,4,7-8,11-12,15-16H2,1-3H3/b23-13+. The summed E-state index contributed by atoms with van der Waals surface area (Å²) in [7, 11) is 0. The third-order valence-corrected chi connectivity index (χ3v) is 8.43. The number of amides is 1. The molecule has 2 aliphatic heterocycles. The molecule has 1 amide bonds. The van der Waals surface area contributed by atoms with E-state index in [0.717, 1.165) is 49.3 Å². The van der Waals surface area contributed by atoms with Gasteiger partial charge < -0.3 is 4.90 Å². The maximum atomic E-state index is 13.5. The second-order valence-electron chi connectivity index (χ2n) is 9.36. The first-order valence-corrected chi connectivity index (χ1v) is 13.8. The van der Waals surface area contributed by atoms with E-state index in [1.165, 1.54) is 11.8 Å². The fourth-order valence-electron chi connectivity index (χ4n) is 4.86. The minimum Gasteiger partial charge on any atom is -0.357 e. The Morgan fingerprint density at radius 3 is 2.72 bits per heavy atom. The van der Waals surface area contributed by atoms with Gasteiger partial charge in [0, 0.05) is 30.2 Å². The number of benzene rings is 1. The van der Waals surface area contributed by atoms with Crippen molar-refractivity contribution in [1.82, 2.24) is 9.47 Å². The number of carbonyl (C=O) groups is 1. The molecule has 2 fully saturated rings. The van der Waals surface area contributed by atoms with Crippen molar-refractivity contribution < 1.29 is 4.79 Å². The van der Waals surface area contributed by atoms with Gasteiger partial charge in [-0.15, -0.1) is 0 Å². The SMILES string of the molecule is CCCn1c(N2CCCC(C)C2)c(/C=C2/SC(=S)N(Cc3ccccc3Cl)C2=O)c(C)c(C#N)c1=O. The van der Waals surface area contributed by atoms with Crippen LogP contribution in [0.25, 0.3) is 6.08 Å². The number of thioether (sulfide) groups is 1. The van der Waals surface area contributed by atoms with Crippen LogP contribution in [0.15, 0.2) is 34.0 Å². The first-order valence-electron chi connectivity index (χ1n) is 12.2. The molecule has 1 aromatic carbocycles. The number of carbonyl (C=O) groups excluding carboxylic acids is 1. The Kier molecular flexibility index (Phi) is 8.23. The molecular formula is C27H29ClN4O2S2. The molecule has 188 valence electrons. The third-order valence-electron chi connectivity index (χ3n) is 6.69. The van der Waals surface area contributed by atoms with Gasteiger partial charge in [-0.1, -0.05) is 67.6 Å². The van der Waals surface area contributed by atoms with E-state index in [9.17, 15) is 14.9 Å². The van der Waals surface area contributed by atoms with Crippen LogP contribution < -0.4 is 10.5 Å². The minimum atomic E-state index is -0.270. The smallest absolute Gasteiger partial charge is 0.270 e. The highest BCUT2D eigenvalue weighted by molar-refractivity contribution is 8.26. The van der Waals surface area contributed by atoms with Crippen LogP contribution >= 0.6 is 35.6 Å². The van der Waals surface area contributed by atoms with Crippen LogP contribution in [0.4, 0.5) is 5.82 Å². The predicted molar refractivity (Wildman–Crippen MR) is 151 cm³/mol. The van der Waals surface area contributed by atoms with Gasteiger partial charge in [0.25, 0.3) is 11.5 Å². The van der Waals surface area contributed by atoms with E-state index in [2.05, 4.69) is 17.9 Å². The second-order valence-corrected chi connectivity index (χ2v) is 11.4. The van der Waals surface area contributed by atoms with Crippen molar-refractivity contribution in [2.24, 2.45) is 5.92 Å². The summed E-state index contributed by atoms with van der Waals surface area (Å²) in [6.45, 7) is 8.46. The molecule has 0 aliphatic carbocycles. The molecule has 0 N–H and O–H groups in total. The monoisotopic (exact) mass is 540 g/mol. The third kappa shape index (κ3) is 5.10. The zero-order valence-corrected chi connectivity index (χ0v) is 23.1. The lowest BCUT2D eigenvalue weighted by atomic mass is 9.98. The molecule has 0 spiro atoms. The summed E-state index contributed by atoms with van der Waals surface area (Å²) < 4.78 is 2.18. The average Bonchev–Trinajstić information content (AvgIpc) is 3.11. The highest BCUT2D eigenvalue weighted by atomic mass is 35.5. The predicted octanol–water partition coefficient (Wildman–Crippen LogP) is 5.73. The molecule has 2 aromatic rings. The van der Waals surface area contributed by atoms with Gasteiger partial charge in [0.2, 0.25) is 0 Å². The highest BCUT2D eigenvalue weighted by Gasteiger charge is 2.34. The molecule has 4 rings (SSSR count). The van der Waals surface area contributed by atoms with Gasteiger partial charge in [0.1, 0.15) is 21.8 Å². The van der Waals surface area contributed by atoms with E-state index in [1.54, 1.807) is 22.5 Å². The van der Waals surface area contributed by atoms with E-state index >= 15 is 0 Å². The van der Waals surface area contributed by atoms with Gasteiger partial charge in [-0.25, -0.2) is 0 Å². The van der Waals surface area contributed by atoms with Crippen molar-refractivity contribution in [1.29, 1.82) is 5.26 Å². The van der Waals surface area contributed by atoms with Crippen LogP contribution in [0.1, 0.15) is 55.4 Å². The Hall–Kier alpha value is -2.60. The van der Waals surface area contributed by atoms with Crippen molar-refractivity contribution in [3.05, 3.63) is 66.8 Å². The quantitative estimate of drug-likeness (QED) is 0.344. The summed E-state index contributed by atoms with van der Waals surface area (Å²) in [5, 5.41) is 10.4. The van der Waals surface area contributed by atoms with Gasteiger partial charge in [-0.3, -0.25) is 19.1 Å². The topological polar surface area (TPSA) is 69.3 Å². The normalized spacial score (nSPS) is 19.3. The molecule has 36 heavy (non-hydrogen) atoms. The molecule has 6 nitrogen and oxygen atoms in total. The zero-order chi connectivity index (χ0) is 26.0. The number of nitrogens with zero attached hydrogens (tertiary/aromatic N) is 4. The van der Waals surface area contributed by atoms with Crippen molar-refractivity contribution in [3.63, 3.8) is 0 Å². The summed E-state index contributed by atoms with van der Waals surface area (Å²) in [5.74, 6) is 1.08. The van der Waals surface area contributed by atoms with Gasteiger partial charge in [-0.05, 0) is 55.4 Å². The van der Waals surface area contributed by atoms with Gasteiger partial charge in [0.15, 0.2) is 0 Å². The second kappa shape index (κ2) is 11.2. The molecule has 1 aromatic heterocycles. The number of anilines is 1. The van der Waals surface area contributed by atoms with E-state index in [1.807, 2.05) is 31.2 Å². The molecule has 2 aliphatic rings. The molecule has 1 atom stereocenters. The molecular weight excluding hydrogens is 512 g/mol. The maximum Gasteiger partial charge on any atom is 0.270 e. The van der Waals surface area contributed by atoms with Gasteiger partial charge >= 0.3 is 0 Å². The summed E-state index contributed by atoms with van der Waals surface area (Å²) in [6, 6.07) is 9.51. The Balaban J connectivity index is 1.83. The van der Waals surface area contributed by atoms with Crippen LogP contribution in [0.5, 0.6) is 0 Å². The lowest BCUT2D eigenvalue weighted by Gasteiger charge is -2.36. The minimum absolute atomic E-state index is 0.120. The highest BCUT2D eigenvalue weighted by Crippen LogP contribution is 2.37. The van der Waals surface area contributed by atoms with Gasteiger partial charge in [-0.2, -0.15) is 5.26 Å². The number of aromatic nitrogens is 1. The number of thiocarbonyl (C=S) groups is 1. The number of hydrogen-bond acceptors (Lipinski definition) is 6. The van der Waals surface area contributed by atoms with Crippen LogP contribution in [-0.2, 0) is 17.9 Å². The Bertz CT molecular complexity index is 1340. The molecule has 0 saturated carbocycles. The number of rotatable bonds is 6. The van der Waals surface area contributed by atoms with Crippen LogP contribution in [0, 0.1) is 24.2 Å². The zero-order valence-electron chi connectivity index (χ0n) is 20.7. The lowest BCUT2D eigenvalue weighted by Crippen LogP contribution is -2.40. The average molecular weight is 541 g/mol. The van der Waals surface area contributed by atoms with Crippen molar-refractivity contribution in [2.45, 2.75) is 53.1 Å². The van der Waals surface area contributed by atoms with Crippen molar-refractivity contribution >= 4 is 57.7 Å². The Morgan fingerprint density at radius 1 is 1.31 bits per heavy atom. The number of piperidine rings is 1. The van der Waals surface area contributed by atoms with E-state index in [-0.39, 0.29) is 23.6 Å². The maximum absolute atomic E-state index is 13.5. The van der Waals surface area contributed by atoms with E-state index in [4.69, 9.17) is 23.8 Å². The van der Waals surface area contributed by atoms with Crippen molar-refractivity contribution in [2.75, 3.05) is 18.0 Å². The summed E-state index contributed by atoms with van der Waals surface area (Å²) in [4.78, 5) is 31.1. The molecule has 9 heteroatoms. The number of halogens is 1. The Labute approximate surface area is 226 Å². The molecule has 1 unspecified atom stereocenters. The molecule has 2 saturated heterocycles. The lowest BCUT2D eigenvalue weighted by molar-refractivity contribution is -0.122.